The van der Waals surface area contributed by atoms with Gasteiger partial charge in [0.15, 0.2) is 0 Å². The molecule has 2 heteroatoms. The van der Waals surface area contributed by atoms with Crippen LogP contribution >= 0.6 is 22.6 Å². The van der Waals surface area contributed by atoms with E-state index in [2.05, 4.69) is 124 Å². The highest BCUT2D eigenvalue weighted by Crippen LogP contribution is 2.40. The molecule has 0 amide bonds. The minimum absolute atomic E-state index is 1.25. The van der Waals surface area contributed by atoms with Crippen LogP contribution in [0.4, 0.5) is 0 Å². The van der Waals surface area contributed by atoms with Crippen LogP contribution in [-0.4, -0.2) is 4.57 Å². The Morgan fingerprint density at radius 2 is 0.786 bits per heavy atom. The van der Waals surface area contributed by atoms with Crippen molar-refractivity contribution in [2.24, 2.45) is 0 Å². The number of aromatic nitrogens is 1. The summed E-state index contributed by atoms with van der Waals surface area (Å²) in [5, 5.41) is 7.78. The van der Waals surface area contributed by atoms with Gasteiger partial charge in [0.2, 0.25) is 0 Å². The molecule has 0 bridgehead atoms. The molecule has 0 aliphatic carbocycles. The predicted octanol–water partition coefficient (Wildman–Crippen LogP) is 7.69. The zero-order valence-electron chi connectivity index (χ0n) is 15.1. The molecular weight excluding hydrogens is 453 g/mol. The molecule has 0 N–H and O–H groups in total. The van der Waals surface area contributed by atoms with Gasteiger partial charge in [0.25, 0.3) is 0 Å². The number of para-hydroxylation sites is 2. The van der Waals surface area contributed by atoms with E-state index < -0.39 is 0 Å². The molecule has 0 aliphatic rings. The molecule has 0 fully saturated rings. The van der Waals surface area contributed by atoms with Crippen molar-refractivity contribution in [1.29, 1.82) is 0 Å². The number of hydrogen-bond acceptors (Lipinski definition) is 0. The second-order valence-electron chi connectivity index (χ2n) is 7.12. The van der Waals surface area contributed by atoms with E-state index in [1.807, 2.05) is 0 Å². The van der Waals surface area contributed by atoms with E-state index in [1.54, 1.807) is 0 Å². The number of nitrogens with zero attached hydrogens (tertiary/aromatic N) is 1. The first-order valence-electron chi connectivity index (χ1n) is 9.42. The molecule has 1 nitrogen and oxygen atoms in total. The van der Waals surface area contributed by atoms with E-state index in [-0.39, 0.29) is 0 Å². The van der Waals surface area contributed by atoms with Crippen LogP contribution in [0.3, 0.4) is 0 Å². The summed E-state index contributed by atoms with van der Waals surface area (Å²) in [6.45, 7) is 0. The molecule has 0 radical (unpaired) electrons. The lowest BCUT2D eigenvalue weighted by Gasteiger charge is -2.17. The van der Waals surface area contributed by atoms with Gasteiger partial charge in [0.1, 0.15) is 0 Å². The van der Waals surface area contributed by atoms with E-state index in [4.69, 9.17) is 0 Å². The standard InChI is InChI=1S/C26H16IN/c27-25-19-11-1-3-13-21(19)26(22-14-4-2-12-20(22)25)28-23-15-7-5-9-17(23)18-10-6-8-16-24(18)28/h1-16H. The molecule has 28 heavy (non-hydrogen) atoms. The van der Waals surface area contributed by atoms with Gasteiger partial charge < -0.3 is 4.57 Å². The summed E-state index contributed by atoms with van der Waals surface area (Å²) >= 11 is 2.50. The van der Waals surface area contributed by atoms with Crippen molar-refractivity contribution in [2.45, 2.75) is 0 Å². The van der Waals surface area contributed by atoms with Gasteiger partial charge in [-0.2, -0.15) is 0 Å². The summed E-state index contributed by atoms with van der Waals surface area (Å²) in [5.74, 6) is 0. The monoisotopic (exact) mass is 469 g/mol. The van der Waals surface area contributed by atoms with Crippen LogP contribution in [0, 0.1) is 3.57 Å². The van der Waals surface area contributed by atoms with Gasteiger partial charge in [-0.05, 0) is 45.5 Å². The lowest BCUT2D eigenvalue weighted by atomic mass is 10.0. The molecule has 0 saturated heterocycles. The molecule has 132 valence electrons. The molecule has 0 aliphatic heterocycles. The molecule has 0 atom stereocenters. The summed E-state index contributed by atoms with van der Waals surface area (Å²) in [7, 11) is 0. The van der Waals surface area contributed by atoms with Crippen LogP contribution in [-0.2, 0) is 0 Å². The number of fused-ring (bicyclic) bond motifs is 5. The number of halogens is 1. The SMILES string of the molecule is Ic1c2ccccc2c(-n2c3ccccc3c3ccccc32)c2ccccc12. The summed E-state index contributed by atoms with van der Waals surface area (Å²) in [4.78, 5) is 0. The highest BCUT2D eigenvalue weighted by Gasteiger charge is 2.18. The minimum atomic E-state index is 1.25. The minimum Gasteiger partial charge on any atom is -0.308 e. The molecule has 1 heterocycles. The van der Waals surface area contributed by atoms with E-state index in [9.17, 15) is 0 Å². The first-order chi connectivity index (χ1) is 13.8. The number of rotatable bonds is 1. The van der Waals surface area contributed by atoms with Crippen molar-refractivity contribution in [2.75, 3.05) is 0 Å². The topological polar surface area (TPSA) is 4.93 Å². The van der Waals surface area contributed by atoms with Crippen LogP contribution < -0.4 is 0 Å². The number of hydrogen-bond donors (Lipinski definition) is 0. The third kappa shape index (κ3) is 2.12. The second-order valence-corrected chi connectivity index (χ2v) is 8.20. The van der Waals surface area contributed by atoms with Crippen LogP contribution in [0.15, 0.2) is 97.1 Å². The maximum absolute atomic E-state index is 2.50. The Kier molecular flexibility index (Phi) is 3.50. The van der Waals surface area contributed by atoms with Crippen molar-refractivity contribution < 1.29 is 0 Å². The molecule has 0 spiro atoms. The third-order valence-electron chi connectivity index (χ3n) is 5.64. The summed E-state index contributed by atoms with van der Waals surface area (Å²) in [6.07, 6.45) is 0. The Balaban J connectivity index is 1.95. The normalized spacial score (nSPS) is 11.8. The van der Waals surface area contributed by atoms with Gasteiger partial charge in [-0.15, -0.1) is 0 Å². The quantitative estimate of drug-likeness (QED) is 0.172. The van der Waals surface area contributed by atoms with E-state index in [1.165, 1.54) is 52.6 Å². The molecular formula is C26H16IN. The van der Waals surface area contributed by atoms with Gasteiger partial charge in [0, 0.05) is 25.1 Å². The Labute approximate surface area is 176 Å². The van der Waals surface area contributed by atoms with Gasteiger partial charge in [-0.25, -0.2) is 0 Å². The average Bonchev–Trinajstić information content (AvgIpc) is 3.09. The zero-order valence-corrected chi connectivity index (χ0v) is 17.2. The highest BCUT2D eigenvalue weighted by atomic mass is 127. The highest BCUT2D eigenvalue weighted by molar-refractivity contribution is 14.1. The van der Waals surface area contributed by atoms with Crippen LogP contribution in [0.25, 0.3) is 49.0 Å². The number of benzene rings is 5. The fraction of sp³-hybridized carbons (Fsp3) is 0. The first-order valence-corrected chi connectivity index (χ1v) is 10.5. The van der Waals surface area contributed by atoms with E-state index in [0.29, 0.717) is 0 Å². The zero-order chi connectivity index (χ0) is 18.7. The molecule has 6 aromatic rings. The maximum Gasteiger partial charge on any atom is 0.0619 e. The van der Waals surface area contributed by atoms with Gasteiger partial charge in [-0.3, -0.25) is 0 Å². The lowest BCUT2D eigenvalue weighted by Crippen LogP contribution is -1.98. The fourth-order valence-electron chi connectivity index (χ4n) is 4.46. The molecule has 6 rings (SSSR count). The van der Waals surface area contributed by atoms with E-state index in [0.717, 1.165) is 0 Å². The van der Waals surface area contributed by atoms with Gasteiger partial charge >= 0.3 is 0 Å². The van der Waals surface area contributed by atoms with Crippen molar-refractivity contribution >= 4 is 65.9 Å². The Hall–Kier alpha value is -2.85. The molecule has 1 aromatic heterocycles. The van der Waals surface area contributed by atoms with Crippen LogP contribution in [0.5, 0.6) is 0 Å². The largest absolute Gasteiger partial charge is 0.308 e. The molecule has 0 unspecified atom stereocenters. The summed E-state index contributed by atoms with van der Waals surface area (Å²) < 4.78 is 3.76. The van der Waals surface area contributed by atoms with Crippen LogP contribution in [0.1, 0.15) is 0 Å². The summed E-state index contributed by atoms with van der Waals surface area (Å²) in [5.41, 5.74) is 3.77. The second kappa shape index (κ2) is 6.08. The predicted molar refractivity (Wildman–Crippen MR) is 129 cm³/mol. The molecule has 5 aromatic carbocycles. The lowest BCUT2D eigenvalue weighted by molar-refractivity contribution is 1.21. The first kappa shape index (κ1) is 16.1. The molecule has 0 saturated carbocycles. The third-order valence-corrected chi connectivity index (χ3v) is 6.80. The van der Waals surface area contributed by atoms with Crippen molar-refractivity contribution in [3.8, 4) is 5.69 Å². The average molecular weight is 469 g/mol. The van der Waals surface area contributed by atoms with Crippen molar-refractivity contribution in [1.82, 2.24) is 4.57 Å². The Morgan fingerprint density at radius 3 is 1.25 bits per heavy atom. The smallest absolute Gasteiger partial charge is 0.0619 e. The maximum atomic E-state index is 2.50. The fourth-order valence-corrected chi connectivity index (χ4v) is 5.40. The van der Waals surface area contributed by atoms with Crippen molar-refractivity contribution in [3.63, 3.8) is 0 Å². The van der Waals surface area contributed by atoms with Crippen molar-refractivity contribution in [3.05, 3.63) is 101 Å². The Morgan fingerprint density at radius 1 is 0.429 bits per heavy atom. The van der Waals surface area contributed by atoms with Gasteiger partial charge in [-0.1, -0.05) is 84.9 Å². The van der Waals surface area contributed by atoms with E-state index >= 15 is 0 Å². The van der Waals surface area contributed by atoms with Gasteiger partial charge in [0.05, 0.1) is 16.7 Å². The van der Waals surface area contributed by atoms with Crippen LogP contribution in [0.2, 0.25) is 0 Å². The Bertz CT molecular complexity index is 1410. The summed E-state index contributed by atoms with van der Waals surface area (Å²) in [6, 6.07) is 35.0.